The highest BCUT2D eigenvalue weighted by Crippen LogP contribution is 2.33. The van der Waals surface area contributed by atoms with Gasteiger partial charge in [0.2, 0.25) is 5.91 Å². The zero-order chi connectivity index (χ0) is 20.6. The van der Waals surface area contributed by atoms with Crippen molar-refractivity contribution in [1.82, 2.24) is 5.32 Å². The fourth-order valence-corrected chi connectivity index (χ4v) is 3.25. The third-order valence-electron chi connectivity index (χ3n) is 4.76. The van der Waals surface area contributed by atoms with E-state index in [1.807, 2.05) is 36.4 Å². The largest absolute Gasteiger partial charge is 0.495 e. The van der Waals surface area contributed by atoms with Gasteiger partial charge in [-0.15, -0.1) is 0 Å². The van der Waals surface area contributed by atoms with Crippen LogP contribution in [0, 0.1) is 5.92 Å². The summed E-state index contributed by atoms with van der Waals surface area (Å²) < 4.78 is 10.4. The van der Waals surface area contributed by atoms with Crippen molar-refractivity contribution in [3.63, 3.8) is 0 Å². The maximum atomic E-state index is 12.4. The number of para-hydroxylation sites is 2. The van der Waals surface area contributed by atoms with Crippen molar-refractivity contribution < 1.29 is 23.9 Å². The summed E-state index contributed by atoms with van der Waals surface area (Å²) >= 11 is 0. The number of methoxy groups -OCH3 is 1. The van der Waals surface area contributed by atoms with Gasteiger partial charge in [0.1, 0.15) is 5.75 Å². The topological polar surface area (TPSA) is 84.9 Å². The molecule has 2 amide bonds. The third-order valence-corrected chi connectivity index (χ3v) is 4.76. The molecule has 0 aliphatic carbocycles. The Hall–Kier alpha value is -3.35. The van der Waals surface area contributed by atoms with Gasteiger partial charge in [-0.3, -0.25) is 14.4 Å². The zero-order valence-electron chi connectivity index (χ0n) is 16.3. The highest BCUT2D eigenvalue weighted by molar-refractivity contribution is 6.00. The molecule has 29 heavy (non-hydrogen) atoms. The summed E-state index contributed by atoms with van der Waals surface area (Å²) in [7, 11) is 1.53. The van der Waals surface area contributed by atoms with Gasteiger partial charge in [-0.2, -0.15) is 0 Å². The quantitative estimate of drug-likeness (QED) is 0.690. The second kappa shape index (κ2) is 9.73. The molecule has 1 aliphatic heterocycles. The van der Waals surface area contributed by atoms with Gasteiger partial charge in [-0.1, -0.05) is 42.5 Å². The highest BCUT2D eigenvalue weighted by Gasteiger charge is 2.37. The van der Waals surface area contributed by atoms with Crippen molar-refractivity contribution in [3.8, 4) is 5.75 Å². The van der Waals surface area contributed by atoms with Gasteiger partial charge >= 0.3 is 5.97 Å². The minimum atomic E-state index is -0.607. The van der Waals surface area contributed by atoms with E-state index in [1.165, 1.54) is 12.0 Å². The van der Waals surface area contributed by atoms with Gasteiger partial charge in [0.05, 0.1) is 18.7 Å². The number of nitrogens with zero attached hydrogens (tertiary/aromatic N) is 1. The number of hydrogen-bond acceptors (Lipinski definition) is 5. The van der Waals surface area contributed by atoms with Crippen LogP contribution in [-0.2, 0) is 25.5 Å². The number of anilines is 1. The van der Waals surface area contributed by atoms with E-state index in [2.05, 4.69) is 5.32 Å². The van der Waals surface area contributed by atoms with E-state index in [0.717, 1.165) is 5.56 Å². The SMILES string of the molecule is COc1ccccc1N1C[C@@H](C(=O)OCC(=O)NCCc2ccccc2)CC1=O. The summed E-state index contributed by atoms with van der Waals surface area (Å²) in [6, 6.07) is 16.9. The van der Waals surface area contributed by atoms with Crippen molar-refractivity contribution in [3.05, 3.63) is 60.2 Å². The lowest BCUT2D eigenvalue weighted by molar-refractivity contribution is -0.152. The van der Waals surface area contributed by atoms with Gasteiger partial charge in [0.15, 0.2) is 6.61 Å². The Balaban J connectivity index is 1.45. The Kier molecular flexibility index (Phi) is 6.84. The van der Waals surface area contributed by atoms with E-state index >= 15 is 0 Å². The molecule has 1 N–H and O–H groups in total. The van der Waals surface area contributed by atoms with Gasteiger partial charge in [0.25, 0.3) is 5.91 Å². The Morgan fingerprint density at radius 3 is 2.59 bits per heavy atom. The fraction of sp³-hybridized carbons (Fsp3) is 0.318. The third kappa shape index (κ3) is 5.34. The number of ether oxygens (including phenoxy) is 2. The Labute approximate surface area is 169 Å². The van der Waals surface area contributed by atoms with Crippen molar-refractivity contribution in [1.29, 1.82) is 0 Å². The van der Waals surface area contributed by atoms with Crippen LogP contribution in [0.15, 0.2) is 54.6 Å². The van der Waals surface area contributed by atoms with Gasteiger partial charge < -0.3 is 19.7 Å². The predicted molar refractivity (Wildman–Crippen MR) is 108 cm³/mol. The van der Waals surface area contributed by atoms with E-state index < -0.39 is 11.9 Å². The summed E-state index contributed by atoms with van der Waals surface area (Å²) in [4.78, 5) is 38.1. The average Bonchev–Trinajstić information content (AvgIpc) is 3.14. The molecule has 152 valence electrons. The Morgan fingerprint density at radius 2 is 1.83 bits per heavy atom. The summed E-state index contributed by atoms with van der Waals surface area (Å²) in [5.41, 5.74) is 1.74. The van der Waals surface area contributed by atoms with Crippen LogP contribution in [0.4, 0.5) is 5.69 Å². The standard InChI is InChI=1S/C22H24N2O5/c1-28-19-10-6-5-9-18(19)24-14-17(13-21(24)26)22(27)29-15-20(25)23-12-11-16-7-3-2-4-8-16/h2-10,17H,11-15H2,1H3,(H,23,25)/t17-/m0/s1. The number of amides is 2. The van der Waals surface area contributed by atoms with E-state index in [0.29, 0.717) is 24.4 Å². The molecule has 1 aliphatic rings. The van der Waals surface area contributed by atoms with Gasteiger partial charge in [0, 0.05) is 19.5 Å². The number of carbonyl (C=O) groups excluding carboxylic acids is 3. The molecule has 7 nitrogen and oxygen atoms in total. The second-order valence-electron chi connectivity index (χ2n) is 6.77. The van der Waals surface area contributed by atoms with Crippen LogP contribution in [0.2, 0.25) is 0 Å². The summed E-state index contributed by atoms with van der Waals surface area (Å²) in [5.74, 6) is -1.13. The van der Waals surface area contributed by atoms with Crippen molar-refractivity contribution in [2.45, 2.75) is 12.8 Å². The van der Waals surface area contributed by atoms with E-state index in [9.17, 15) is 14.4 Å². The summed E-state index contributed by atoms with van der Waals surface area (Å²) in [5, 5.41) is 2.73. The molecular weight excluding hydrogens is 372 g/mol. The number of nitrogens with one attached hydrogen (secondary N) is 1. The minimum absolute atomic E-state index is 0.0481. The molecule has 0 unspecified atom stereocenters. The number of hydrogen-bond donors (Lipinski definition) is 1. The van der Waals surface area contributed by atoms with Gasteiger partial charge in [-0.25, -0.2) is 0 Å². The zero-order valence-corrected chi connectivity index (χ0v) is 16.3. The second-order valence-corrected chi connectivity index (χ2v) is 6.77. The first kappa shape index (κ1) is 20.4. The summed E-state index contributed by atoms with van der Waals surface area (Å²) in [6.45, 7) is 0.310. The first-order valence-corrected chi connectivity index (χ1v) is 9.49. The molecule has 0 saturated carbocycles. The number of rotatable bonds is 8. The molecule has 1 heterocycles. The molecule has 2 aromatic carbocycles. The number of benzene rings is 2. The molecule has 1 fully saturated rings. The monoisotopic (exact) mass is 396 g/mol. The lowest BCUT2D eigenvalue weighted by Crippen LogP contribution is -2.32. The lowest BCUT2D eigenvalue weighted by Gasteiger charge is -2.19. The molecule has 1 saturated heterocycles. The van der Waals surface area contributed by atoms with Crippen LogP contribution in [0.25, 0.3) is 0 Å². The first-order chi connectivity index (χ1) is 14.1. The molecule has 2 aromatic rings. The molecule has 3 rings (SSSR count). The van der Waals surface area contributed by atoms with Crippen LogP contribution in [0.1, 0.15) is 12.0 Å². The van der Waals surface area contributed by atoms with E-state index in [-0.39, 0.29) is 31.4 Å². The van der Waals surface area contributed by atoms with Crippen LogP contribution in [-0.4, -0.2) is 44.6 Å². The molecule has 0 aromatic heterocycles. The van der Waals surface area contributed by atoms with Crippen LogP contribution in [0.5, 0.6) is 5.75 Å². The van der Waals surface area contributed by atoms with Crippen LogP contribution in [0.3, 0.4) is 0 Å². The highest BCUT2D eigenvalue weighted by atomic mass is 16.5. The molecule has 1 atom stereocenters. The maximum absolute atomic E-state index is 12.4. The Morgan fingerprint density at radius 1 is 1.10 bits per heavy atom. The maximum Gasteiger partial charge on any atom is 0.311 e. The van der Waals surface area contributed by atoms with Crippen molar-refractivity contribution >= 4 is 23.5 Å². The smallest absolute Gasteiger partial charge is 0.311 e. The number of carbonyl (C=O) groups is 3. The fourth-order valence-electron chi connectivity index (χ4n) is 3.25. The molecule has 0 radical (unpaired) electrons. The van der Waals surface area contributed by atoms with Crippen LogP contribution < -0.4 is 15.0 Å². The predicted octanol–water partition coefficient (Wildman–Crippen LogP) is 1.95. The molecule has 0 bridgehead atoms. The van der Waals surface area contributed by atoms with Gasteiger partial charge in [-0.05, 0) is 24.1 Å². The number of esters is 1. The normalized spacial score (nSPS) is 15.8. The van der Waals surface area contributed by atoms with Crippen LogP contribution >= 0.6 is 0 Å². The van der Waals surface area contributed by atoms with E-state index in [4.69, 9.17) is 9.47 Å². The lowest BCUT2D eigenvalue weighted by atomic mass is 10.1. The van der Waals surface area contributed by atoms with Crippen molar-refractivity contribution in [2.24, 2.45) is 5.92 Å². The summed E-state index contributed by atoms with van der Waals surface area (Å²) in [6.07, 6.45) is 0.748. The van der Waals surface area contributed by atoms with E-state index in [1.54, 1.807) is 18.2 Å². The van der Waals surface area contributed by atoms with Crippen molar-refractivity contribution in [2.75, 3.05) is 31.7 Å². The first-order valence-electron chi connectivity index (χ1n) is 9.49. The molecular formula is C22H24N2O5. The Bertz CT molecular complexity index is 869. The molecule has 7 heteroatoms. The average molecular weight is 396 g/mol. The minimum Gasteiger partial charge on any atom is -0.495 e. The molecule has 0 spiro atoms.